The van der Waals surface area contributed by atoms with Crippen molar-refractivity contribution in [2.24, 2.45) is 14.1 Å². The highest BCUT2D eigenvalue weighted by atomic mass is 35.5. The van der Waals surface area contributed by atoms with Gasteiger partial charge in [0.15, 0.2) is 0 Å². The van der Waals surface area contributed by atoms with Crippen molar-refractivity contribution in [1.29, 1.82) is 0 Å². The van der Waals surface area contributed by atoms with Crippen LogP contribution in [-0.4, -0.2) is 51.4 Å². The smallest absolute Gasteiger partial charge is 0.330 e. The summed E-state index contributed by atoms with van der Waals surface area (Å²) in [5.74, 6) is -0.310. The van der Waals surface area contributed by atoms with Crippen LogP contribution in [0.1, 0.15) is 28.9 Å². The van der Waals surface area contributed by atoms with Gasteiger partial charge in [0.2, 0.25) is 5.88 Å². The zero-order valence-electron chi connectivity index (χ0n) is 23.8. The van der Waals surface area contributed by atoms with E-state index in [0.717, 1.165) is 35.2 Å². The molecule has 2 aromatic heterocycles. The van der Waals surface area contributed by atoms with Gasteiger partial charge in [-0.3, -0.25) is 19.1 Å². The van der Waals surface area contributed by atoms with Gasteiger partial charge in [-0.05, 0) is 18.9 Å². The Kier molecular flexibility index (Phi) is 9.26. The lowest BCUT2D eigenvalue weighted by atomic mass is 10.0. The molecule has 1 amide bonds. The number of carbonyl (C=O) groups is 1. The van der Waals surface area contributed by atoms with E-state index in [0.29, 0.717) is 51.6 Å². The van der Waals surface area contributed by atoms with Crippen LogP contribution in [0.5, 0.6) is 5.88 Å². The van der Waals surface area contributed by atoms with E-state index in [1.807, 2.05) is 12.1 Å². The first-order valence-corrected chi connectivity index (χ1v) is 14.3. The van der Waals surface area contributed by atoms with Crippen molar-refractivity contribution in [2.45, 2.75) is 25.4 Å². The molecular weight excluding hydrogens is 595 g/mol. The number of ether oxygens (including phenoxy) is 2. The van der Waals surface area contributed by atoms with Crippen LogP contribution >= 0.6 is 23.2 Å². The Hall–Kier alpha value is -4.03. The minimum Gasteiger partial charge on any atom is -0.480 e. The number of halogens is 2. The zero-order valence-corrected chi connectivity index (χ0v) is 25.3. The van der Waals surface area contributed by atoms with Gasteiger partial charge in [-0.1, -0.05) is 53.5 Å². The molecule has 5 rings (SSSR count). The van der Waals surface area contributed by atoms with Gasteiger partial charge in [-0.2, -0.15) is 0 Å². The van der Waals surface area contributed by atoms with Gasteiger partial charge in [0.1, 0.15) is 11.3 Å². The number of nitrogens with zero attached hydrogens (tertiary/aromatic N) is 4. The monoisotopic (exact) mass is 624 g/mol. The highest BCUT2D eigenvalue weighted by Gasteiger charge is 2.20. The molecule has 0 unspecified atom stereocenters. The summed E-state index contributed by atoms with van der Waals surface area (Å²) in [4.78, 5) is 46.9. The van der Waals surface area contributed by atoms with Crippen LogP contribution in [0, 0.1) is 0 Å². The second kappa shape index (κ2) is 13.1. The molecule has 1 aliphatic heterocycles. The lowest BCUT2D eigenvalue weighted by Crippen LogP contribution is -2.40. The maximum Gasteiger partial charge on any atom is 0.330 e. The van der Waals surface area contributed by atoms with Crippen LogP contribution in [0.25, 0.3) is 22.4 Å². The summed E-state index contributed by atoms with van der Waals surface area (Å²) in [6.45, 7) is 1.99. The third-order valence-corrected chi connectivity index (χ3v) is 8.10. The molecule has 2 aromatic carbocycles. The van der Waals surface area contributed by atoms with Gasteiger partial charge >= 0.3 is 5.69 Å². The minimum atomic E-state index is -0.717. The van der Waals surface area contributed by atoms with Crippen molar-refractivity contribution in [3.05, 3.63) is 90.9 Å². The molecule has 0 radical (unpaired) electrons. The summed E-state index contributed by atoms with van der Waals surface area (Å²) < 4.78 is 13.0. The molecule has 3 heterocycles. The summed E-state index contributed by atoms with van der Waals surface area (Å²) in [6, 6.07) is 10.9. The molecule has 43 heavy (non-hydrogen) atoms. The molecule has 0 spiro atoms. The number of rotatable bonds is 8. The summed E-state index contributed by atoms with van der Waals surface area (Å²) in [6.07, 6.45) is 4.73. The fourth-order valence-corrected chi connectivity index (χ4v) is 5.48. The third kappa shape index (κ3) is 6.35. The number of aromatic nitrogens is 4. The number of anilines is 1. The lowest BCUT2D eigenvalue weighted by Gasteiger charge is -2.23. The van der Waals surface area contributed by atoms with Crippen LogP contribution in [0.3, 0.4) is 0 Å². The third-order valence-electron chi connectivity index (χ3n) is 7.29. The van der Waals surface area contributed by atoms with Crippen molar-refractivity contribution in [1.82, 2.24) is 24.4 Å². The molecule has 0 atom stereocenters. The minimum absolute atomic E-state index is 0.204. The molecule has 0 saturated carbocycles. The van der Waals surface area contributed by atoms with Gasteiger partial charge in [0.05, 0.1) is 34.7 Å². The highest BCUT2D eigenvalue weighted by molar-refractivity contribution is 6.39. The molecule has 0 aliphatic carbocycles. The van der Waals surface area contributed by atoms with Crippen LogP contribution in [-0.2, 0) is 25.4 Å². The Morgan fingerprint density at radius 3 is 2.44 bits per heavy atom. The molecule has 4 aromatic rings. The number of benzene rings is 2. The van der Waals surface area contributed by atoms with Crippen molar-refractivity contribution in [3.63, 3.8) is 0 Å². The van der Waals surface area contributed by atoms with Gasteiger partial charge in [0, 0.05) is 62.8 Å². The second-order valence-corrected chi connectivity index (χ2v) is 10.8. The first-order valence-electron chi connectivity index (χ1n) is 13.6. The topological polar surface area (TPSA) is 129 Å². The van der Waals surface area contributed by atoms with E-state index in [1.54, 1.807) is 37.6 Å². The van der Waals surface area contributed by atoms with E-state index in [2.05, 4.69) is 20.6 Å². The Morgan fingerprint density at radius 2 is 1.72 bits per heavy atom. The fourth-order valence-electron chi connectivity index (χ4n) is 4.88. The highest BCUT2D eigenvalue weighted by Crippen LogP contribution is 2.41. The predicted molar refractivity (Wildman–Crippen MR) is 165 cm³/mol. The molecule has 1 aliphatic rings. The number of hydrogen-bond acceptors (Lipinski definition) is 8. The first-order chi connectivity index (χ1) is 20.7. The summed E-state index contributed by atoms with van der Waals surface area (Å²) in [5.41, 5.74) is 1.78. The van der Waals surface area contributed by atoms with E-state index in [-0.39, 0.29) is 16.3 Å². The molecule has 11 nitrogen and oxygen atoms in total. The predicted octanol–water partition coefficient (Wildman–Crippen LogP) is 4.04. The summed E-state index contributed by atoms with van der Waals surface area (Å²) in [7, 11) is 4.31. The number of amides is 1. The quantitative estimate of drug-likeness (QED) is 0.300. The Morgan fingerprint density at radius 1 is 1.05 bits per heavy atom. The van der Waals surface area contributed by atoms with Crippen LogP contribution < -0.4 is 26.6 Å². The molecule has 0 bridgehead atoms. The van der Waals surface area contributed by atoms with Gasteiger partial charge in [-0.25, -0.2) is 9.78 Å². The van der Waals surface area contributed by atoms with E-state index < -0.39 is 17.2 Å². The zero-order chi connectivity index (χ0) is 30.7. The standard InChI is InChI=1S/C30H30Cl2N6O5/c1-37-16-21(29(40)38(2)30(37)41)27(39)35-22-9-5-7-19(26(22)32)18-6-4-8-20(25(18)31)23-14-34-24(28(36-23)42-3)15-33-17-10-12-43-13-11-17/h4-9,14,16-17,33H,10-13,15H2,1-3H3,(H,35,39). The maximum absolute atomic E-state index is 13.0. The normalized spacial score (nSPS) is 13.6. The van der Waals surface area contributed by atoms with Crippen molar-refractivity contribution in [2.75, 3.05) is 25.6 Å². The number of aryl methyl sites for hydroxylation is 1. The largest absolute Gasteiger partial charge is 0.480 e. The average molecular weight is 626 g/mol. The first kappa shape index (κ1) is 30.4. The van der Waals surface area contributed by atoms with Gasteiger partial charge in [0.25, 0.3) is 11.5 Å². The molecule has 13 heteroatoms. The molecule has 1 saturated heterocycles. The lowest BCUT2D eigenvalue weighted by molar-refractivity contribution is 0.0774. The number of hydrogen-bond donors (Lipinski definition) is 2. The SMILES string of the molecule is COc1nc(-c2cccc(-c3cccc(NC(=O)c4cn(C)c(=O)n(C)c4=O)c3Cl)c2Cl)cnc1CNC1CCOCC1. The van der Waals surface area contributed by atoms with Gasteiger partial charge < -0.3 is 24.7 Å². The Labute approximate surface area is 257 Å². The van der Waals surface area contributed by atoms with Gasteiger partial charge in [-0.15, -0.1) is 0 Å². The van der Waals surface area contributed by atoms with E-state index >= 15 is 0 Å². The van der Waals surface area contributed by atoms with Crippen molar-refractivity contribution >= 4 is 34.8 Å². The molecular formula is C30H30Cl2N6O5. The summed E-state index contributed by atoms with van der Waals surface area (Å²) >= 11 is 13.7. The van der Waals surface area contributed by atoms with Crippen molar-refractivity contribution in [3.8, 4) is 28.3 Å². The number of carbonyl (C=O) groups excluding carboxylic acids is 1. The second-order valence-electron chi connectivity index (χ2n) is 10.1. The molecule has 224 valence electrons. The molecule has 2 N–H and O–H groups in total. The average Bonchev–Trinajstić information content (AvgIpc) is 3.02. The maximum atomic E-state index is 13.0. The van der Waals surface area contributed by atoms with Crippen LogP contribution in [0.4, 0.5) is 5.69 Å². The summed E-state index contributed by atoms with van der Waals surface area (Å²) in [5, 5.41) is 6.77. The van der Waals surface area contributed by atoms with Crippen molar-refractivity contribution < 1.29 is 14.3 Å². The Bertz CT molecular complexity index is 1800. The number of methoxy groups -OCH3 is 1. The van der Waals surface area contributed by atoms with E-state index in [1.165, 1.54) is 20.3 Å². The van der Waals surface area contributed by atoms with E-state index in [4.69, 9.17) is 32.7 Å². The van der Waals surface area contributed by atoms with Crippen LogP contribution in [0.15, 0.2) is 58.4 Å². The van der Waals surface area contributed by atoms with E-state index in [9.17, 15) is 14.4 Å². The fraction of sp³-hybridized carbons (Fsp3) is 0.300. The Balaban J connectivity index is 1.42. The van der Waals surface area contributed by atoms with Crippen LogP contribution in [0.2, 0.25) is 10.0 Å². The molecule has 1 fully saturated rings. The number of nitrogens with one attached hydrogen (secondary N) is 2.